The molecule has 6 nitrogen and oxygen atoms in total. The Balaban J connectivity index is 1.93. The lowest BCUT2D eigenvalue weighted by Crippen LogP contribution is -2.60. The van der Waals surface area contributed by atoms with Gasteiger partial charge in [-0.3, -0.25) is 19.3 Å². The average molecular weight is 353 g/mol. The molecule has 1 fully saturated rings. The molecule has 2 aromatic rings. The predicted octanol–water partition coefficient (Wildman–Crippen LogP) is 2.61. The molecule has 1 N–H and O–H groups in total. The SMILES string of the molecule is CC1N2CCCCCC(c3ccccc3)N1n1ccc(=O)c(O)c1C2=O. The molecule has 0 radical (unpaired) electrons. The van der Waals surface area contributed by atoms with E-state index in [4.69, 9.17) is 0 Å². The molecular formula is C20H23N3O3. The third-order valence-corrected chi connectivity index (χ3v) is 5.48. The molecule has 3 heterocycles. The topological polar surface area (TPSA) is 65.8 Å². The van der Waals surface area contributed by atoms with Crippen LogP contribution in [0.15, 0.2) is 47.4 Å². The van der Waals surface area contributed by atoms with Crippen molar-refractivity contribution in [2.24, 2.45) is 0 Å². The van der Waals surface area contributed by atoms with Gasteiger partial charge in [0.25, 0.3) is 5.91 Å². The zero-order valence-corrected chi connectivity index (χ0v) is 14.8. The fourth-order valence-corrected chi connectivity index (χ4v) is 4.16. The molecule has 6 heteroatoms. The zero-order chi connectivity index (χ0) is 18.3. The molecule has 2 aliphatic rings. The maximum Gasteiger partial charge on any atom is 0.278 e. The molecule has 1 amide bonds. The first-order valence-corrected chi connectivity index (χ1v) is 9.19. The van der Waals surface area contributed by atoms with E-state index in [0.717, 1.165) is 25.7 Å². The van der Waals surface area contributed by atoms with E-state index in [9.17, 15) is 14.7 Å². The van der Waals surface area contributed by atoms with Crippen LogP contribution in [0.25, 0.3) is 0 Å². The van der Waals surface area contributed by atoms with Gasteiger partial charge in [0.2, 0.25) is 5.43 Å². The van der Waals surface area contributed by atoms with Gasteiger partial charge in [0, 0.05) is 18.8 Å². The number of nitrogens with zero attached hydrogens (tertiary/aromatic N) is 3. The number of hydrogen-bond acceptors (Lipinski definition) is 4. The summed E-state index contributed by atoms with van der Waals surface area (Å²) in [6, 6.07) is 11.6. The highest BCUT2D eigenvalue weighted by atomic mass is 16.3. The molecule has 0 spiro atoms. The molecule has 1 saturated heterocycles. The van der Waals surface area contributed by atoms with Gasteiger partial charge in [-0.15, -0.1) is 0 Å². The molecule has 2 aliphatic heterocycles. The van der Waals surface area contributed by atoms with Crippen molar-refractivity contribution in [1.29, 1.82) is 0 Å². The highest BCUT2D eigenvalue weighted by Gasteiger charge is 2.40. The number of aromatic hydroxyl groups is 1. The smallest absolute Gasteiger partial charge is 0.278 e. The number of fused-ring (bicyclic) bond motifs is 4. The van der Waals surface area contributed by atoms with Crippen molar-refractivity contribution < 1.29 is 9.90 Å². The Labute approximate surface area is 152 Å². The van der Waals surface area contributed by atoms with Crippen molar-refractivity contribution in [2.75, 3.05) is 11.6 Å². The summed E-state index contributed by atoms with van der Waals surface area (Å²) in [7, 11) is 0. The minimum Gasteiger partial charge on any atom is -0.502 e. The van der Waals surface area contributed by atoms with Crippen molar-refractivity contribution >= 4 is 5.91 Å². The van der Waals surface area contributed by atoms with Crippen LogP contribution in [0.2, 0.25) is 0 Å². The first kappa shape index (κ1) is 16.7. The first-order valence-electron chi connectivity index (χ1n) is 9.19. The fourth-order valence-electron chi connectivity index (χ4n) is 4.16. The van der Waals surface area contributed by atoms with Crippen LogP contribution in [-0.2, 0) is 0 Å². The minimum atomic E-state index is -0.523. The summed E-state index contributed by atoms with van der Waals surface area (Å²) in [4.78, 5) is 26.7. The maximum atomic E-state index is 13.0. The van der Waals surface area contributed by atoms with Crippen molar-refractivity contribution in [3.05, 3.63) is 64.1 Å². The van der Waals surface area contributed by atoms with Crippen LogP contribution in [0, 0.1) is 0 Å². The molecule has 2 atom stereocenters. The number of rotatable bonds is 1. The first-order chi connectivity index (χ1) is 12.6. The molecule has 4 rings (SSSR count). The number of amides is 1. The summed E-state index contributed by atoms with van der Waals surface area (Å²) in [5, 5.41) is 12.5. The summed E-state index contributed by atoms with van der Waals surface area (Å²) in [5.41, 5.74) is 0.711. The molecule has 1 aromatic heterocycles. The van der Waals surface area contributed by atoms with Gasteiger partial charge in [0.1, 0.15) is 6.17 Å². The summed E-state index contributed by atoms with van der Waals surface area (Å²) in [5.74, 6) is -0.747. The Kier molecular flexibility index (Phi) is 4.18. The van der Waals surface area contributed by atoms with Crippen LogP contribution in [0.1, 0.15) is 54.7 Å². The lowest BCUT2D eigenvalue weighted by molar-refractivity contribution is 0.0571. The van der Waals surface area contributed by atoms with Crippen molar-refractivity contribution in [3.8, 4) is 5.75 Å². The molecule has 2 unspecified atom stereocenters. The lowest BCUT2D eigenvalue weighted by Gasteiger charge is -2.48. The second kappa shape index (κ2) is 6.52. The summed E-state index contributed by atoms with van der Waals surface area (Å²) < 4.78 is 1.68. The highest BCUT2D eigenvalue weighted by Crippen LogP contribution is 2.34. The molecular weight excluding hydrogens is 330 g/mol. The number of aromatic nitrogens is 1. The third-order valence-electron chi connectivity index (χ3n) is 5.48. The van der Waals surface area contributed by atoms with Gasteiger partial charge in [-0.05, 0) is 25.3 Å². The van der Waals surface area contributed by atoms with E-state index in [1.54, 1.807) is 15.8 Å². The maximum absolute atomic E-state index is 13.0. The predicted molar refractivity (Wildman–Crippen MR) is 98.7 cm³/mol. The zero-order valence-electron chi connectivity index (χ0n) is 14.8. The summed E-state index contributed by atoms with van der Waals surface area (Å²) in [6.45, 7) is 2.64. The van der Waals surface area contributed by atoms with Crippen LogP contribution in [0.5, 0.6) is 5.75 Å². The van der Waals surface area contributed by atoms with Gasteiger partial charge in [0.15, 0.2) is 11.4 Å². The van der Waals surface area contributed by atoms with E-state index in [1.165, 1.54) is 11.6 Å². The van der Waals surface area contributed by atoms with E-state index >= 15 is 0 Å². The van der Waals surface area contributed by atoms with E-state index in [0.29, 0.717) is 6.54 Å². The molecule has 0 saturated carbocycles. The largest absolute Gasteiger partial charge is 0.502 e. The summed E-state index contributed by atoms with van der Waals surface area (Å²) >= 11 is 0. The van der Waals surface area contributed by atoms with Crippen molar-refractivity contribution in [3.63, 3.8) is 0 Å². The second-order valence-corrected chi connectivity index (χ2v) is 7.01. The number of pyridine rings is 1. The fraction of sp³-hybridized carbons (Fsp3) is 0.400. The van der Waals surface area contributed by atoms with E-state index in [-0.39, 0.29) is 23.8 Å². The second-order valence-electron chi connectivity index (χ2n) is 7.01. The van der Waals surface area contributed by atoms with E-state index in [2.05, 4.69) is 17.1 Å². The third kappa shape index (κ3) is 2.57. The molecule has 26 heavy (non-hydrogen) atoms. The van der Waals surface area contributed by atoms with Crippen molar-refractivity contribution in [2.45, 2.75) is 44.8 Å². The van der Waals surface area contributed by atoms with Crippen LogP contribution in [0.3, 0.4) is 0 Å². The number of hydrogen-bond donors (Lipinski definition) is 1. The molecule has 0 aliphatic carbocycles. The number of carbonyl (C=O) groups excluding carboxylic acids is 1. The Bertz CT molecular complexity index is 878. The van der Waals surface area contributed by atoms with Gasteiger partial charge in [-0.1, -0.05) is 43.2 Å². The minimum absolute atomic E-state index is 0.0561. The Morgan fingerprint density at radius 3 is 2.58 bits per heavy atom. The van der Waals surface area contributed by atoms with Crippen LogP contribution >= 0.6 is 0 Å². The summed E-state index contributed by atoms with van der Waals surface area (Å²) in [6.07, 6.45) is 5.42. The van der Waals surface area contributed by atoms with Gasteiger partial charge in [0.05, 0.1) is 6.04 Å². The molecule has 1 aromatic carbocycles. The number of carbonyl (C=O) groups is 1. The molecule has 136 valence electrons. The van der Waals surface area contributed by atoms with Crippen LogP contribution in [0.4, 0.5) is 0 Å². The van der Waals surface area contributed by atoms with Crippen LogP contribution in [-0.4, -0.2) is 33.3 Å². The quantitative estimate of drug-likeness (QED) is 0.856. The van der Waals surface area contributed by atoms with E-state index in [1.807, 2.05) is 25.1 Å². The average Bonchev–Trinajstić information content (AvgIpc) is 2.71. The lowest BCUT2D eigenvalue weighted by atomic mass is 9.99. The highest BCUT2D eigenvalue weighted by molar-refractivity contribution is 5.96. The van der Waals surface area contributed by atoms with Gasteiger partial charge < -0.3 is 10.0 Å². The van der Waals surface area contributed by atoms with Crippen molar-refractivity contribution in [1.82, 2.24) is 9.58 Å². The monoisotopic (exact) mass is 353 g/mol. The van der Waals surface area contributed by atoms with E-state index < -0.39 is 11.2 Å². The van der Waals surface area contributed by atoms with Gasteiger partial charge >= 0.3 is 0 Å². The van der Waals surface area contributed by atoms with Gasteiger partial charge in [-0.25, -0.2) is 0 Å². The molecule has 2 bridgehead atoms. The Morgan fingerprint density at radius 2 is 1.81 bits per heavy atom. The Hall–Kier alpha value is -2.76. The normalized spacial score (nSPS) is 23.0. The Morgan fingerprint density at radius 1 is 1.04 bits per heavy atom. The van der Waals surface area contributed by atoms with Crippen LogP contribution < -0.4 is 10.4 Å². The van der Waals surface area contributed by atoms with Gasteiger partial charge in [-0.2, -0.15) is 0 Å². The number of benzene rings is 1. The standard InChI is InChI=1S/C20H23N3O3/c1-14-21-12-7-3-6-10-16(15-8-4-2-5-9-15)23(14)22-13-11-17(24)19(25)18(22)20(21)26/h2,4-5,8-9,11,13-14,16,25H,3,6-7,10,12H2,1H3.